The van der Waals surface area contributed by atoms with E-state index >= 15 is 0 Å². The summed E-state index contributed by atoms with van der Waals surface area (Å²) in [7, 11) is -3.62. The van der Waals surface area contributed by atoms with Gasteiger partial charge in [-0.3, -0.25) is 9.52 Å². The van der Waals surface area contributed by atoms with Crippen LogP contribution in [0.5, 0.6) is 0 Å². The number of amides is 1. The maximum atomic E-state index is 13.1. The first-order valence-corrected chi connectivity index (χ1v) is 11.9. The first-order chi connectivity index (χ1) is 13.9. The number of benzene rings is 2. The Morgan fingerprint density at radius 1 is 0.793 bits per heavy atom. The van der Waals surface area contributed by atoms with Crippen LogP contribution >= 0.6 is 0 Å². The molecular weight excluding hydrogens is 384 g/mol. The molecule has 4 bridgehead atoms. The fourth-order valence-electron chi connectivity index (χ4n) is 6.09. The molecule has 6 rings (SSSR count). The molecule has 2 aromatic rings. The summed E-state index contributed by atoms with van der Waals surface area (Å²) in [6.07, 6.45) is 7.01. The Balaban J connectivity index is 1.27. The number of hydrogen-bond acceptors (Lipinski definition) is 3. The monoisotopic (exact) mass is 410 g/mol. The van der Waals surface area contributed by atoms with Gasteiger partial charge in [0.1, 0.15) is 0 Å². The summed E-state index contributed by atoms with van der Waals surface area (Å²) in [4.78, 5) is 13.4. The molecule has 6 heteroatoms. The number of sulfonamides is 1. The van der Waals surface area contributed by atoms with Gasteiger partial charge in [-0.25, -0.2) is 8.42 Å². The standard InChI is InChI=1S/C23H26N2O3S/c26-22(23-13-16-10-17(14-23)12-18(11-16)15-23)24-19-6-8-20(9-7-19)25-29(27,28)21-4-2-1-3-5-21/h1-9,16-18,25H,10-15H2,(H,24,26). The highest BCUT2D eigenvalue weighted by Crippen LogP contribution is 2.60. The van der Waals surface area contributed by atoms with E-state index in [0.717, 1.165) is 37.0 Å². The van der Waals surface area contributed by atoms with Crippen LogP contribution in [0.2, 0.25) is 0 Å². The van der Waals surface area contributed by atoms with E-state index in [1.54, 1.807) is 54.6 Å². The third kappa shape index (κ3) is 3.54. The first kappa shape index (κ1) is 18.7. The van der Waals surface area contributed by atoms with E-state index in [1.807, 2.05) is 0 Å². The molecule has 0 spiro atoms. The zero-order chi connectivity index (χ0) is 20.1. The largest absolute Gasteiger partial charge is 0.326 e. The lowest BCUT2D eigenvalue weighted by atomic mass is 9.49. The molecule has 0 saturated heterocycles. The normalized spacial score (nSPS) is 30.1. The summed E-state index contributed by atoms with van der Waals surface area (Å²) < 4.78 is 27.5. The third-order valence-corrected chi connectivity index (χ3v) is 8.37. The number of hydrogen-bond donors (Lipinski definition) is 2. The van der Waals surface area contributed by atoms with Gasteiger partial charge < -0.3 is 5.32 Å². The molecule has 4 aliphatic carbocycles. The van der Waals surface area contributed by atoms with Crippen LogP contribution in [0.3, 0.4) is 0 Å². The van der Waals surface area contributed by atoms with Crippen LogP contribution in [-0.2, 0) is 14.8 Å². The van der Waals surface area contributed by atoms with Crippen LogP contribution in [0.1, 0.15) is 38.5 Å². The highest BCUT2D eigenvalue weighted by atomic mass is 32.2. The summed E-state index contributed by atoms with van der Waals surface area (Å²) in [5.74, 6) is 2.32. The molecule has 29 heavy (non-hydrogen) atoms. The molecule has 0 atom stereocenters. The number of carbonyl (C=O) groups excluding carboxylic acids is 1. The van der Waals surface area contributed by atoms with Gasteiger partial charge in [-0.05, 0) is 92.7 Å². The quantitative estimate of drug-likeness (QED) is 0.754. The van der Waals surface area contributed by atoms with Crippen LogP contribution in [0.4, 0.5) is 11.4 Å². The van der Waals surface area contributed by atoms with Gasteiger partial charge in [-0.15, -0.1) is 0 Å². The lowest BCUT2D eigenvalue weighted by Crippen LogP contribution is -2.51. The van der Waals surface area contributed by atoms with E-state index in [1.165, 1.54) is 19.3 Å². The van der Waals surface area contributed by atoms with Crippen molar-refractivity contribution in [3.05, 3.63) is 54.6 Å². The van der Waals surface area contributed by atoms with E-state index in [0.29, 0.717) is 11.4 Å². The van der Waals surface area contributed by atoms with E-state index < -0.39 is 10.0 Å². The minimum Gasteiger partial charge on any atom is -0.326 e. The lowest BCUT2D eigenvalue weighted by Gasteiger charge is -2.55. The molecule has 2 aromatic carbocycles. The zero-order valence-electron chi connectivity index (χ0n) is 16.3. The SMILES string of the molecule is O=C(Nc1ccc(NS(=O)(=O)c2ccccc2)cc1)C12CC3CC(CC(C3)C1)C2. The number of carbonyl (C=O) groups is 1. The predicted octanol–water partition coefficient (Wildman–Crippen LogP) is 4.64. The minimum absolute atomic E-state index is 0.147. The average molecular weight is 411 g/mol. The molecule has 152 valence electrons. The summed E-state index contributed by atoms with van der Waals surface area (Å²) in [6.45, 7) is 0. The van der Waals surface area contributed by atoms with Crippen molar-refractivity contribution < 1.29 is 13.2 Å². The molecule has 4 aliphatic rings. The summed E-state index contributed by atoms with van der Waals surface area (Å²) in [6, 6.07) is 15.2. The second-order valence-corrected chi connectivity index (χ2v) is 10.8. The van der Waals surface area contributed by atoms with Crippen molar-refractivity contribution in [1.82, 2.24) is 0 Å². The lowest BCUT2D eigenvalue weighted by molar-refractivity contribution is -0.140. The number of rotatable bonds is 5. The van der Waals surface area contributed by atoms with Crippen LogP contribution in [-0.4, -0.2) is 14.3 Å². The van der Waals surface area contributed by atoms with Crippen molar-refractivity contribution >= 4 is 27.3 Å². The molecule has 0 aliphatic heterocycles. The Morgan fingerprint density at radius 3 is 1.86 bits per heavy atom. The molecule has 4 saturated carbocycles. The minimum atomic E-state index is -3.62. The Kier molecular flexibility index (Phi) is 4.42. The van der Waals surface area contributed by atoms with Gasteiger partial charge in [0.2, 0.25) is 5.91 Å². The van der Waals surface area contributed by atoms with E-state index in [4.69, 9.17) is 0 Å². The second-order valence-electron chi connectivity index (χ2n) is 9.15. The molecular formula is C23H26N2O3S. The smallest absolute Gasteiger partial charge is 0.261 e. The third-order valence-electron chi connectivity index (χ3n) is 6.97. The molecule has 1 amide bonds. The van der Waals surface area contributed by atoms with Crippen molar-refractivity contribution in [2.45, 2.75) is 43.4 Å². The van der Waals surface area contributed by atoms with Gasteiger partial charge in [-0.1, -0.05) is 18.2 Å². The van der Waals surface area contributed by atoms with Crippen molar-refractivity contribution in [3.8, 4) is 0 Å². The molecule has 5 nitrogen and oxygen atoms in total. The fourth-order valence-corrected chi connectivity index (χ4v) is 7.17. The van der Waals surface area contributed by atoms with Crippen LogP contribution < -0.4 is 10.0 Å². The van der Waals surface area contributed by atoms with Gasteiger partial charge in [0.15, 0.2) is 0 Å². The van der Waals surface area contributed by atoms with E-state index in [9.17, 15) is 13.2 Å². The maximum Gasteiger partial charge on any atom is 0.261 e. The van der Waals surface area contributed by atoms with Crippen molar-refractivity contribution in [2.24, 2.45) is 23.2 Å². The van der Waals surface area contributed by atoms with Crippen LogP contribution in [0.25, 0.3) is 0 Å². The van der Waals surface area contributed by atoms with Crippen molar-refractivity contribution in [2.75, 3.05) is 10.0 Å². The van der Waals surface area contributed by atoms with Crippen LogP contribution in [0, 0.1) is 23.2 Å². The molecule has 0 unspecified atom stereocenters. The first-order valence-electron chi connectivity index (χ1n) is 10.4. The fraction of sp³-hybridized carbons (Fsp3) is 0.435. The Morgan fingerprint density at radius 2 is 1.31 bits per heavy atom. The molecule has 4 fully saturated rings. The van der Waals surface area contributed by atoms with Gasteiger partial charge in [0.05, 0.1) is 10.3 Å². The highest BCUT2D eigenvalue weighted by Gasteiger charge is 2.54. The molecule has 0 aromatic heterocycles. The molecule has 0 heterocycles. The van der Waals surface area contributed by atoms with Gasteiger partial charge >= 0.3 is 0 Å². The Hall–Kier alpha value is -2.34. The van der Waals surface area contributed by atoms with Crippen LogP contribution in [0.15, 0.2) is 59.5 Å². The maximum absolute atomic E-state index is 13.1. The molecule has 0 radical (unpaired) electrons. The summed E-state index contributed by atoms with van der Waals surface area (Å²) >= 11 is 0. The summed E-state index contributed by atoms with van der Waals surface area (Å²) in [5, 5.41) is 3.10. The highest BCUT2D eigenvalue weighted by molar-refractivity contribution is 7.92. The topological polar surface area (TPSA) is 75.3 Å². The van der Waals surface area contributed by atoms with Gasteiger partial charge in [0.25, 0.3) is 10.0 Å². The zero-order valence-corrected chi connectivity index (χ0v) is 17.1. The molecule has 2 N–H and O–H groups in total. The predicted molar refractivity (Wildman–Crippen MR) is 113 cm³/mol. The van der Waals surface area contributed by atoms with E-state index in [-0.39, 0.29) is 16.2 Å². The van der Waals surface area contributed by atoms with Crippen molar-refractivity contribution in [3.63, 3.8) is 0 Å². The Labute approximate surface area is 172 Å². The number of anilines is 2. The second kappa shape index (κ2) is 6.87. The van der Waals surface area contributed by atoms with Gasteiger partial charge in [0, 0.05) is 11.4 Å². The van der Waals surface area contributed by atoms with Crippen molar-refractivity contribution in [1.29, 1.82) is 0 Å². The number of nitrogens with one attached hydrogen (secondary N) is 2. The average Bonchev–Trinajstić information content (AvgIpc) is 2.69. The van der Waals surface area contributed by atoms with Gasteiger partial charge in [-0.2, -0.15) is 0 Å². The summed E-state index contributed by atoms with van der Waals surface area (Å²) in [5.41, 5.74) is 0.998. The Bertz CT molecular complexity index is 981. The van der Waals surface area contributed by atoms with E-state index in [2.05, 4.69) is 10.0 Å².